The van der Waals surface area contributed by atoms with Gasteiger partial charge in [-0.3, -0.25) is 52.1 Å². The topological polar surface area (TPSA) is 400 Å². The Labute approximate surface area is 504 Å². The van der Waals surface area contributed by atoms with Crippen LogP contribution in [0.15, 0.2) is 33.4 Å². The minimum Gasteiger partial charge on any atom is -0.370 e. The van der Waals surface area contributed by atoms with Crippen LogP contribution in [0.2, 0.25) is 0 Å². The molecule has 480 valence electrons. The normalized spacial score (nSPS) is 24.8. The molecule has 0 aromatic carbocycles. The standard InChI is InChI=1S/C18H30N5O6P.C18H30N5O5PS.C18H29N5O3/c1-17(2,3)8-11-10(28-30(25,26)29-18(4,5)6)7-12(27-11)23-9-20-13-14(23)21-16(19)22-15(13)24;1-17(2,3)8-11-10(27-29(25,30)28-18(4,5)6)7-12(26-11)23-9-20-13-14(23)21-16(19)22-15(13)24;1-17(2,3)8-11-10(26-18(4,5)6)7-12(25-11)23-9-20-13-14(23)21-16(19)22-15(13)24/h9-12H,7-8H2,1-6H3,(H,25,26)(H3,19,21,22,24);9-12H,7-8H2,1-6H3,(H,25,30)(H3,19,21,22,24);9-12H,7-8H2,1-6H3,(H3,19,21,22,24)/t10?,11-,12-;10?,11-,12-,29?;10?,11-,12-/m111/s1. The van der Waals surface area contributed by atoms with E-state index in [9.17, 15) is 28.7 Å². The maximum Gasteiger partial charge on any atom is 0.473 e. The van der Waals surface area contributed by atoms with E-state index in [-0.39, 0.29) is 98.4 Å². The summed E-state index contributed by atoms with van der Waals surface area (Å²) in [5.74, 6) is 0.0245. The molecule has 3 aliphatic rings. The van der Waals surface area contributed by atoms with Gasteiger partial charge in [-0.15, -0.1) is 0 Å². The third-order valence-electron chi connectivity index (χ3n) is 13.1. The number of nitrogens with one attached hydrogen (secondary N) is 3. The quantitative estimate of drug-likeness (QED) is 0.0505. The molecule has 3 fully saturated rings. The third-order valence-corrected chi connectivity index (χ3v) is 16.2. The molecule has 3 saturated heterocycles. The summed E-state index contributed by atoms with van der Waals surface area (Å²) in [4.78, 5) is 89.4. The van der Waals surface area contributed by atoms with Gasteiger partial charge in [-0.05, 0) is 110 Å². The first-order valence-corrected chi connectivity index (χ1v) is 32.5. The van der Waals surface area contributed by atoms with E-state index < -0.39 is 67.6 Å². The Hall–Kier alpha value is -5.07. The molecule has 0 saturated carbocycles. The fraction of sp³-hybridized carbons (Fsp3) is 0.722. The number of nitrogens with zero attached hydrogens (tertiary/aromatic N) is 9. The Bertz CT molecular complexity index is 3450. The lowest BCUT2D eigenvalue weighted by Gasteiger charge is -2.31. The Kier molecular flexibility index (Phi) is 19.9. The number of aromatic amines is 3. The Morgan fingerprint density at radius 3 is 1.13 bits per heavy atom. The number of anilines is 3. The second-order valence-corrected chi connectivity index (χ2v) is 32.7. The third kappa shape index (κ3) is 18.7. The van der Waals surface area contributed by atoms with Crippen LogP contribution in [0.3, 0.4) is 0 Å². The van der Waals surface area contributed by atoms with Crippen LogP contribution in [-0.2, 0) is 53.4 Å². The molecule has 0 spiro atoms. The zero-order valence-electron chi connectivity index (χ0n) is 52.5. The molecule has 86 heavy (non-hydrogen) atoms. The largest absolute Gasteiger partial charge is 0.473 e. The van der Waals surface area contributed by atoms with Gasteiger partial charge in [0.2, 0.25) is 17.8 Å². The van der Waals surface area contributed by atoms with Crippen molar-refractivity contribution in [2.75, 3.05) is 17.2 Å². The molecule has 9 heterocycles. The molecule has 29 nitrogen and oxygen atoms in total. The first kappa shape index (κ1) is 68.4. The van der Waals surface area contributed by atoms with Gasteiger partial charge in [0.1, 0.15) is 18.7 Å². The smallest absolute Gasteiger partial charge is 0.370 e. The van der Waals surface area contributed by atoms with E-state index in [2.05, 4.69) is 86.4 Å². The maximum absolute atomic E-state index is 12.6. The summed E-state index contributed by atoms with van der Waals surface area (Å²) >= 11 is 5.25. The summed E-state index contributed by atoms with van der Waals surface area (Å²) in [6.07, 6.45) is 4.41. The fourth-order valence-corrected chi connectivity index (χ4v) is 13.9. The summed E-state index contributed by atoms with van der Waals surface area (Å²) in [7, 11) is -4.33. The van der Waals surface area contributed by atoms with Gasteiger partial charge < -0.3 is 55.0 Å². The predicted octanol–water partition coefficient (Wildman–Crippen LogP) is 8.18. The molecule has 6 aromatic heterocycles. The summed E-state index contributed by atoms with van der Waals surface area (Å²) in [6.45, 7) is 32.0. The SMILES string of the molecule is CC(C)(C)C[C@H]1O[C@@H](n2cnc3c(=O)[nH]c(N)nc32)CC1OC(C)(C)C.CC(C)(C)C[C@H]1O[C@@H](n2cnc3c(=O)[nH]c(N)nc32)CC1OP(=O)(O)OC(C)(C)C.CC(C)(C)C[C@H]1O[C@@H](n2cnc3c(=O)[nH]c(N)nc32)CC1OP(O)(=S)OC(C)(C)C. The van der Waals surface area contributed by atoms with Crippen molar-refractivity contribution in [2.45, 2.75) is 235 Å². The van der Waals surface area contributed by atoms with Gasteiger partial charge in [-0.25, -0.2) is 19.5 Å². The lowest BCUT2D eigenvalue weighted by atomic mass is 9.87. The molecular weight excluding hydrogens is 1180 g/mol. The summed E-state index contributed by atoms with van der Waals surface area (Å²) < 4.78 is 64.9. The molecule has 0 bridgehead atoms. The van der Waals surface area contributed by atoms with Gasteiger partial charge in [0.05, 0.1) is 72.4 Å². The van der Waals surface area contributed by atoms with Crippen molar-refractivity contribution >= 4 is 77.7 Å². The minimum absolute atomic E-state index is 0.00396. The number of nitrogens with two attached hydrogens (primary N) is 3. The number of rotatable bonds is 13. The van der Waals surface area contributed by atoms with Gasteiger partial charge in [-0.1, -0.05) is 62.3 Å². The number of hydrogen-bond donors (Lipinski definition) is 8. The van der Waals surface area contributed by atoms with E-state index in [1.165, 1.54) is 12.7 Å². The number of hydrogen-bond acceptors (Lipinski definition) is 22. The van der Waals surface area contributed by atoms with Gasteiger partial charge >= 0.3 is 14.5 Å². The van der Waals surface area contributed by atoms with Crippen LogP contribution >= 0.6 is 14.5 Å². The number of fused-ring (bicyclic) bond motifs is 3. The monoisotopic (exact) mass is 1270 g/mol. The van der Waals surface area contributed by atoms with Crippen LogP contribution in [0, 0.1) is 16.2 Å². The molecule has 32 heteroatoms. The van der Waals surface area contributed by atoms with E-state index >= 15 is 0 Å². The van der Waals surface area contributed by atoms with Crippen molar-refractivity contribution in [1.29, 1.82) is 0 Å². The van der Waals surface area contributed by atoms with Crippen molar-refractivity contribution < 1.29 is 51.4 Å². The van der Waals surface area contributed by atoms with E-state index in [0.717, 1.165) is 6.42 Å². The van der Waals surface area contributed by atoms with Crippen LogP contribution in [0.4, 0.5) is 17.8 Å². The molecule has 9 rings (SSSR count). The molecule has 0 aliphatic carbocycles. The number of phosphoric ester groups is 1. The van der Waals surface area contributed by atoms with Crippen LogP contribution < -0.4 is 33.9 Å². The second-order valence-electron chi connectivity index (χ2n) is 28.6. The Balaban J connectivity index is 0.000000185. The molecule has 11 atom stereocenters. The molecular formula is C54H89N15O14P2S. The average Bonchev–Trinajstić information content (AvgIpc) is 1.70. The lowest BCUT2D eigenvalue weighted by Crippen LogP contribution is -2.35. The fourth-order valence-electron chi connectivity index (χ4n) is 10.3. The predicted molar refractivity (Wildman–Crippen MR) is 328 cm³/mol. The van der Waals surface area contributed by atoms with Crippen molar-refractivity contribution in [3.63, 3.8) is 0 Å². The molecule has 3 aliphatic heterocycles. The second kappa shape index (κ2) is 25.1. The van der Waals surface area contributed by atoms with Crippen molar-refractivity contribution in [2.24, 2.45) is 16.2 Å². The van der Waals surface area contributed by atoms with Crippen molar-refractivity contribution in [3.8, 4) is 0 Å². The van der Waals surface area contributed by atoms with Crippen molar-refractivity contribution in [1.82, 2.24) is 58.6 Å². The molecule has 6 aromatic rings. The highest BCUT2D eigenvalue weighted by atomic mass is 32.5. The number of ether oxygens (including phenoxy) is 4. The van der Waals surface area contributed by atoms with Crippen LogP contribution in [0.5, 0.6) is 0 Å². The zero-order chi connectivity index (χ0) is 64.2. The number of nitrogen functional groups attached to an aromatic ring is 3. The van der Waals surface area contributed by atoms with Crippen LogP contribution in [0.25, 0.3) is 33.5 Å². The number of phosphoric acid groups is 1. The minimum atomic E-state index is -4.33. The molecule has 11 N–H and O–H groups in total. The molecule has 5 unspecified atom stereocenters. The highest BCUT2D eigenvalue weighted by Crippen LogP contribution is 2.54. The molecule has 0 amide bonds. The Morgan fingerprint density at radius 2 is 0.826 bits per heavy atom. The molecule has 0 radical (unpaired) electrons. The van der Waals surface area contributed by atoms with E-state index in [1.807, 2.05) is 41.5 Å². The number of H-pyrrole nitrogens is 3. The van der Waals surface area contributed by atoms with E-state index in [0.29, 0.717) is 37.0 Å². The van der Waals surface area contributed by atoms with Gasteiger partial charge in [0, 0.05) is 19.3 Å². The first-order chi connectivity index (χ1) is 39.2. The highest BCUT2D eigenvalue weighted by Gasteiger charge is 2.46. The van der Waals surface area contributed by atoms with Gasteiger partial charge in [0.25, 0.3) is 16.7 Å². The maximum atomic E-state index is 12.6. The number of imidazole rings is 3. The highest BCUT2D eigenvalue weighted by molar-refractivity contribution is 8.07. The average molecular weight is 1270 g/mol. The summed E-state index contributed by atoms with van der Waals surface area (Å²) in [5, 5.41) is 0. The summed E-state index contributed by atoms with van der Waals surface area (Å²) in [5.41, 5.74) is 15.6. The number of aromatic nitrogens is 12. The summed E-state index contributed by atoms with van der Waals surface area (Å²) in [6, 6.07) is 0. The van der Waals surface area contributed by atoms with E-state index in [4.69, 9.17) is 66.1 Å². The zero-order valence-corrected chi connectivity index (χ0v) is 55.1. The van der Waals surface area contributed by atoms with Gasteiger partial charge in [-0.2, -0.15) is 15.0 Å². The van der Waals surface area contributed by atoms with Crippen LogP contribution in [0.1, 0.15) is 182 Å². The van der Waals surface area contributed by atoms with Crippen LogP contribution in [-0.4, -0.2) is 122 Å². The lowest BCUT2D eigenvalue weighted by molar-refractivity contribution is -0.102. The van der Waals surface area contributed by atoms with Gasteiger partial charge in [0.15, 0.2) is 33.5 Å². The first-order valence-electron chi connectivity index (χ1n) is 28.4. The Morgan fingerprint density at radius 1 is 0.523 bits per heavy atom. The van der Waals surface area contributed by atoms with Crippen molar-refractivity contribution in [3.05, 3.63) is 50.0 Å². The van der Waals surface area contributed by atoms with E-state index in [1.54, 1.807) is 61.6 Å².